The fourth-order valence-corrected chi connectivity index (χ4v) is 4.53. The maximum Gasteiger partial charge on any atom is 0.254 e. The highest BCUT2D eigenvalue weighted by Gasteiger charge is 2.27. The number of carbonyl (C=O) groups is 1. The van der Waals surface area contributed by atoms with Crippen LogP contribution in [0.5, 0.6) is 5.75 Å². The van der Waals surface area contributed by atoms with Crippen molar-refractivity contribution in [3.63, 3.8) is 0 Å². The van der Waals surface area contributed by atoms with Gasteiger partial charge in [0.05, 0.1) is 18.5 Å². The molecule has 0 aliphatic carbocycles. The second-order valence-electron chi connectivity index (χ2n) is 8.42. The number of hydrogen-bond acceptors (Lipinski definition) is 3. The number of carbonyl (C=O) groups excluding carboxylic acids is 1. The lowest BCUT2D eigenvalue weighted by Crippen LogP contribution is -2.44. The van der Waals surface area contributed by atoms with Gasteiger partial charge in [0, 0.05) is 23.8 Å². The first-order chi connectivity index (χ1) is 15.0. The predicted octanol–water partition coefficient (Wildman–Crippen LogP) is 5.13. The Morgan fingerprint density at radius 3 is 2.61 bits per heavy atom. The minimum atomic E-state index is 0.135. The zero-order valence-corrected chi connectivity index (χ0v) is 18.7. The first-order valence-corrected chi connectivity index (χ1v) is 11.1. The molecule has 0 saturated carbocycles. The summed E-state index contributed by atoms with van der Waals surface area (Å²) in [7, 11) is 1.70. The average molecular weight is 418 g/mol. The van der Waals surface area contributed by atoms with E-state index in [9.17, 15) is 4.79 Å². The van der Waals surface area contributed by atoms with Crippen molar-refractivity contribution in [3.8, 4) is 11.4 Å². The van der Waals surface area contributed by atoms with Crippen molar-refractivity contribution in [1.82, 2.24) is 14.7 Å². The van der Waals surface area contributed by atoms with Crippen molar-refractivity contribution in [2.45, 2.75) is 52.0 Å². The van der Waals surface area contributed by atoms with E-state index >= 15 is 0 Å². The van der Waals surface area contributed by atoms with E-state index in [0.717, 1.165) is 60.6 Å². The van der Waals surface area contributed by atoms with E-state index < -0.39 is 0 Å². The molecule has 0 spiro atoms. The monoisotopic (exact) mass is 417 g/mol. The number of aryl methyl sites for hydroxylation is 3. The summed E-state index contributed by atoms with van der Waals surface area (Å²) in [5.74, 6) is 1.02. The predicted molar refractivity (Wildman–Crippen MR) is 123 cm³/mol. The van der Waals surface area contributed by atoms with Gasteiger partial charge in [-0.1, -0.05) is 12.1 Å². The maximum absolute atomic E-state index is 13.3. The van der Waals surface area contributed by atoms with Crippen molar-refractivity contribution in [1.29, 1.82) is 0 Å². The topological polar surface area (TPSA) is 47.4 Å². The summed E-state index contributed by atoms with van der Waals surface area (Å²) in [6, 6.07) is 18.4. The number of likely N-dealkylation sites (tertiary alicyclic amines) is 1. The van der Waals surface area contributed by atoms with Gasteiger partial charge in [0.25, 0.3) is 5.91 Å². The van der Waals surface area contributed by atoms with Gasteiger partial charge in [-0.25, -0.2) is 4.68 Å². The van der Waals surface area contributed by atoms with Crippen LogP contribution in [-0.2, 0) is 6.42 Å². The van der Waals surface area contributed by atoms with Crippen LogP contribution in [0.2, 0.25) is 0 Å². The molecule has 1 aliphatic rings. The SMILES string of the molecule is COc1cccc(CCC2CCCCN2C(=O)c2ccc(-n3nc(C)cc3C)cc2)c1. The molecule has 0 radical (unpaired) electrons. The number of piperidine rings is 1. The largest absolute Gasteiger partial charge is 0.497 e. The molecule has 1 amide bonds. The Labute approximate surface area is 184 Å². The maximum atomic E-state index is 13.3. The average Bonchev–Trinajstić information content (AvgIpc) is 3.15. The van der Waals surface area contributed by atoms with Crippen LogP contribution in [0.1, 0.15) is 53.0 Å². The van der Waals surface area contributed by atoms with Gasteiger partial charge >= 0.3 is 0 Å². The zero-order chi connectivity index (χ0) is 21.8. The van der Waals surface area contributed by atoms with E-state index in [1.807, 2.05) is 54.9 Å². The summed E-state index contributed by atoms with van der Waals surface area (Å²) in [6.07, 6.45) is 5.25. The van der Waals surface area contributed by atoms with Crippen LogP contribution in [0.25, 0.3) is 5.69 Å². The smallest absolute Gasteiger partial charge is 0.254 e. The molecule has 31 heavy (non-hydrogen) atoms. The van der Waals surface area contributed by atoms with E-state index in [2.05, 4.69) is 28.2 Å². The van der Waals surface area contributed by atoms with E-state index in [1.54, 1.807) is 7.11 Å². The van der Waals surface area contributed by atoms with Crippen molar-refractivity contribution >= 4 is 5.91 Å². The third kappa shape index (κ3) is 4.82. The van der Waals surface area contributed by atoms with Gasteiger partial charge in [-0.15, -0.1) is 0 Å². The van der Waals surface area contributed by atoms with E-state index in [4.69, 9.17) is 4.74 Å². The van der Waals surface area contributed by atoms with Crippen LogP contribution in [-0.4, -0.2) is 40.3 Å². The van der Waals surface area contributed by atoms with Crippen LogP contribution in [0.4, 0.5) is 0 Å². The molecular formula is C26H31N3O2. The van der Waals surface area contributed by atoms with Gasteiger partial charge in [-0.3, -0.25) is 4.79 Å². The van der Waals surface area contributed by atoms with Crippen LogP contribution < -0.4 is 4.74 Å². The van der Waals surface area contributed by atoms with Gasteiger partial charge in [-0.05, 0) is 94.0 Å². The summed E-state index contributed by atoms with van der Waals surface area (Å²) >= 11 is 0. The molecule has 5 heteroatoms. The Hall–Kier alpha value is -3.08. The van der Waals surface area contributed by atoms with Crippen molar-refractivity contribution < 1.29 is 9.53 Å². The van der Waals surface area contributed by atoms with Crippen LogP contribution >= 0.6 is 0 Å². The number of nitrogens with zero attached hydrogens (tertiary/aromatic N) is 3. The van der Waals surface area contributed by atoms with E-state index in [1.165, 1.54) is 12.0 Å². The van der Waals surface area contributed by atoms with Crippen LogP contribution in [0, 0.1) is 13.8 Å². The van der Waals surface area contributed by atoms with Crippen molar-refractivity contribution in [3.05, 3.63) is 77.1 Å². The molecule has 162 valence electrons. The molecule has 0 bridgehead atoms. The molecule has 1 atom stereocenters. The molecule has 4 rings (SSSR count). The standard InChI is InChI=1S/C26H31N3O2/c1-19-17-20(2)29(27-19)24-14-11-22(12-15-24)26(30)28-16-5-4-8-23(28)13-10-21-7-6-9-25(18-21)31-3/h6-7,9,11-12,14-15,17-18,23H,4-5,8,10,13,16H2,1-3H3. The number of aromatic nitrogens is 2. The number of methoxy groups -OCH3 is 1. The molecule has 2 aromatic carbocycles. The number of ether oxygens (including phenoxy) is 1. The highest BCUT2D eigenvalue weighted by molar-refractivity contribution is 5.94. The van der Waals surface area contributed by atoms with Gasteiger partial charge in [-0.2, -0.15) is 5.10 Å². The van der Waals surface area contributed by atoms with E-state index in [-0.39, 0.29) is 11.9 Å². The Morgan fingerprint density at radius 1 is 1.10 bits per heavy atom. The number of amides is 1. The second-order valence-corrected chi connectivity index (χ2v) is 8.42. The van der Waals surface area contributed by atoms with Crippen molar-refractivity contribution in [2.24, 2.45) is 0 Å². The summed E-state index contributed by atoms with van der Waals surface area (Å²) in [6.45, 7) is 4.87. The Morgan fingerprint density at radius 2 is 1.90 bits per heavy atom. The fraction of sp³-hybridized carbons (Fsp3) is 0.385. The first-order valence-electron chi connectivity index (χ1n) is 11.1. The third-order valence-corrected chi connectivity index (χ3v) is 6.16. The quantitative estimate of drug-likeness (QED) is 0.559. The summed E-state index contributed by atoms with van der Waals surface area (Å²) in [5, 5.41) is 4.53. The Bertz CT molecular complexity index is 1040. The molecule has 1 saturated heterocycles. The lowest BCUT2D eigenvalue weighted by atomic mass is 9.95. The number of hydrogen-bond donors (Lipinski definition) is 0. The molecule has 5 nitrogen and oxygen atoms in total. The normalized spacial score (nSPS) is 16.4. The molecule has 1 aromatic heterocycles. The third-order valence-electron chi connectivity index (χ3n) is 6.16. The summed E-state index contributed by atoms with van der Waals surface area (Å²) in [4.78, 5) is 15.4. The molecule has 1 aliphatic heterocycles. The summed E-state index contributed by atoms with van der Waals surface area (Å²) < 4.78 is 7.26. The highest BCUT2D eigenvalue weighted by Crippen LogP contribution is 2.25. The molecule has 3 aromatic rings. The van der Waals surface area contributed by atoms with Gasteiger partial charge in [0.1, 0.15) is 5.75 Å². The Kier molecular flexibility index (Phi) is 6.40. The van der Waals surface area contributed by atoms with Crippen LogP contribution in [0.3, 0.4) is 0 Å². The summed E-state index contributed by atoms with van der Waals surface area (Å²) in [5.41, 5.74) is 5.07. The van der Waals surface area contributed by atoms with Crippen LogP contribution in [0.15, 0.2) is 54.6 Å². The highest BCUT2D eigenvalue weighted by atomic mass is 16.5. The minimum Gasteiger partial charge on any atom is -0.497 e. The lowest BCUT2D eigenvalue weighted by molar-refractivity contribution is 0.0602. The number of rotatable bonds is 6. The molecular weight excluding hydrogens is 386 g/mol. The van der Waals surface area contributed by atoms with Gasteiger partial charge in [0.2, 0.25) is 0 Å². The molecule has 0 N–H and O–H groups in total. The lowest BCUT2D eigenvalue weighted by Gasteiger charge is -2.36. The van der Waals surface area contributed by atoms with Gasteiger partial charge < -0.3 is 9.64 Å². The molecule has 1 fully saturated rings. The second kappa shape index (κ2) is 9.38. The molecule has 1 unspecified atom stereocenters. The fourth-order valence-electron chi connectivity index (χ4n) is 4.53. The van der Waals surface area contributed by atoms with Gasteiger partial charge in [0.15, 0.2) is 0 Å². The Balaban J connectivity index is 1.46. The zero-order valence-electron chi connectivity index (χ0n) is 18.7. The van der Waals surface area contributed by atoms with E-state index in [0.29, 0.717) is 0 Å². The number of benzene rings is 2. The van der Waals surface area contributed by atoms with Crippen molar-refractivity contribution in [2.75, 3.05) is 13.7 Å². The first kappa shape index (κ1) is 21.2. The molecule has 2 heterocycles. The minimum absolute atomic E-state index is 0.135.